The summed E-state index contributed by atoms with van der Waals surface area (Å²) in [6.07, 6.45) is 3.93. The van der Waals surface area contributed by atoms with Crippen molar-refractivity contribution in [2.24, 2.45) is 17.6 Å². The molecule has 1 heterocycles. The van der Waals surface area contributed by atoms with Gasteiger partial charge in [0.15, 0.2) is 0 Å². The van der Waals surface area contributed by atoms with Gasteiger partial charge in [-0.25, -0.2) is 9.78 Å². The maximum atomic E-state index is 13.4. The Hall–Kier alpha value is -3.73. The fourth-order valence-corrected chi connectivity index (χ4v) is 3.78. The van der Waals surface area contributed by atoms with Gasteiger partial charge in [-0.05, 0) is 23.8 Å². The minimum Gasteiger partial charge on any atom is -0.480 e. The molecule has 0 saturated carbocycles. The van der Waals surface area contributed by atoms with E-state index in [4.69, 9.17) is 5.73 Å². The van der Waals surface area contributed by atoms with Gasteiger partial charge in [0.2, 0.25) is 17.7 Å². The highest BCUT2D eigenvalue weighted by Crippen LogP contribution is 2.12. The fourth-order valence-electron chi connectivity index (χ4n) is 3.78. The number of aliphatic carboxylic acids is 1. The van der Waals surface area contributed by atoms with Crippen LogP contribution in [0.3, 0.4) is 0 Å². The van der Waals surface area contributed by atoms with E-state index in [2.05, 4.69) is 25.9 Å². The average molecular weight is 515 g/mol. The van der Waals surface area contributed by atoms with Gasteiger partial charge in [-0.2, -0.15) is 0 Å². The van der Waals surface area contributed by atoms with Crippen LogP contribution in [0, 0.1) is 11.8 Å². The van der Waals surface area contributed by atoms with E-state index in [1.807, 2.05) is 37.3 Å². The van der Waals surface area contributed by atoms with Gasteiger partial charge in [0.05, 0.1) is 12.4 Å². The van der Waals surface area contributed by atoms with Crippen LogP contribution in [0.1, 0.15) is 45.4 Å². The standard InChI is InChI=1S/C26H38N6O5/c1-5-16(4)22(25(35)31-21(15(2)3)26(36)37)32-24(34)20(12-18-13-28-14-29-18)30-23(33)19(27)11-17-9-7-6-8-10-17/h6-10,13-16,19-22H,5,11-12,27H2,1-4H3,(H,28,29)(H,30,33)(H,31,35)(H,32,34)(H,36,37). The van der Waals surface area contributed by atoms with Crippen LogP contribution >= 0.6 is 0 Å². The molecule has 0 radical (unpaired) electrons. The number of H-pyrrole nitrogens is 1. The van der Waals surface area contributed by atoms with Crippen molar-refractivity contribution in [3.05, 3.63) is 54.1 Å². The largest absolute Gasteiger partial charge is 0.480 e. The Labute approximate surface area is 217 Å². The molecule has 0 aliphatic carbocycles. The summed E-state index contributed by atoms with van der Waals surface area (Å²) in [7, 11) is 0. The normalized spacial score (nSPS) is 15.2. The molecule has 7 N–H and O–H groups in total. The Morgan fingerprint density at radius 1 is 0.946 bits per heavy atom. The molecule has 0 saturated heterocycles. The fraction of sp³-hybridized carbons (Fsp3) is 0.500. The molecule has 0 fully saturated rings. The van der Waals surface area contributed by atoms with Crippen molar-refractivity contribution in [1.82, 2.24) is 25.9 Å². The van der Waals surface area contributed by atoms with Gasteiger partial charge in [0.25, 0.3) is 0 Å². The lowest BCUT2D eigenvalue weighted by atomic mass is 9.96. The van der Waals surface area contributed by atoms with Crippen molar-refractivity contribution >= 4 is 23.7 Å². The van der Waals surface area contributed by atoms with E-state index >= 15 is 0 Å². The van der Waals surface area contributed by atoms with Gasteiger partial charge < -0.3 is 31.8 Å². The highest BCUT2D eigenvalue weighted by Gasteiger charge is 2.33. The number of hydrogen-bond acceptors (Lipinski definition) is 6. The van der Waals surface area contributed by atoms with Crippen LogP contribution in [-0.4, -0.2) is 62.9 Å². The molecule has 2 aromatic rings. The number of carboxylic acid groups (broad SMARTS) is 1. The lowest BCUT2D eigenvalue weighted by Gasteiger charge is -2.28. The lowest BCUT2D eigenvalue weighted by Crippen LogP contribution is -2.59. The molecule has 0 aliphatic rings. The quantitative estimate of drug-likeness (QED) is 0.215. The molecule has 1 aromatic heterocycles. The number of rotatable bonds is 14. The molecule has 5 unspecified atom stereocenters. The van der Waals surface area contributed by atoms with Gasteiger partial charge >= 0.3 is 5.97 Å². The molecule has 0 aliphatic heterocycles. The van der Waals surface area contributed by atoms with Crippen LogP contribution in [0.15, 0.2) is 42.9 Å². The predicted octanol–water partition coefficient (Wildman–Crippen LogP) is 0.763. The number of hydrogen-bond donors (Lipinski definition) is 6. The number of amides is 3. The Bertz CT molecular complexity index is 1030. The second-order valence-electron chi connectivity index (χ2n) is 9.58. The molecular weight excluding hydrogens is 476 g/mol. The monoisotopic (exact) mass is 514 g/mol. The first-order chi connectivity index (χ1) is 17.5. The Balaban J connectivity index is 2.19. The molecule has 2 rings (SSSR count). The highest BCUT2D eigenvalue weighted by atomic mass is 16.4. The molecule has 11 heteroatoms. The molecule has 0 bridgehead atoms. The van der Waals surface area contributed by atoms with Crippen molar-refractivity contribution in [3.63, 3.8) is 0 Å². The SMILES string of the molecule is CCC(C)C(NC(=O)C(Cc1cnc[nH]1)NC(=O)C(N)Cc1ccccc1)C(=O)NC(C(=O)O)C(C)C. The number of nitrogens with one attached hydrogen (secondary N) is 4. The molecule has 202 valence electrons. The number of carboxylic acids is 1. The van der Waals surface area contributed by atoms with E-state index in [1.54, 1.807) is 20.8 Å². The first-order valence-electron chi connectivity index (χ1n) is 12.4. The molecule has 11 nitrogen and oxygen atoms in total. The first-order valence-corrected chi connectivity index (χ1v) is 12.4. The number of carbonyl (C=O) groups is 4. The number of nitrogens with zero attached hydrogens (tertiary/aromatic N) is 1. The second-order valence-corrected chi connectivity index (χ2v) is 9.58. The van der Waals surface area contributed by atoms with Crippen molar-refractivity contribution in [1.29, 1.82) is 0 Å². The molecule has 1 aromatic carbocycles. The zero-order valence-corrected chi connectivity index (χ0v) is 21.7. The molecule has 37 heavy (non-hydrogen) atoms. The van der Waals surface area contributed by atoms with Gasteiger partial charge in [-0.1, -0.05) is 64.4 Å². The van der Waals surface area contributed by atoms with E-state index < -0.39 is 47.9 Å². The molecule has 3 amide bonds. The summed E-state index contributed by atoms with van der Waals surface area (Å²) in [6, 6.07) is 5.24. The van der Waals surface area contributed by atoms with Crippen LogP contribution in [0.2, 0.25) is 0 Å². The summed E-state index contributed by atoms with van der Waals surface area (Å²) in [6.45, 7) is 7.02. The Morgan fingerprint density at radius 2 is 1.59 bits per heavy atom. The van der Waals surface area contributed by atoms with Crippen molar-refractivity contribution in [2.45, 2.75) is 71.1 Å². The first kappa shape index (κ1) is 29.5. The van der Waals surface area contributed by atoms with Crippen LogP contribution in [0.4, 0.5) is 0 Å². The van der Waals surface area contributed by atoms with Gasteiger partial charge in [-0.3, -0.25) is 14.4 Å². The van der Waals surface area contributed by atoms with Crippen molar-refractivity contribution in [3.8, 4) is 0 Å². The lowest BCUT2D eigenvalue weighted by molar-refractivity contribution is -0.144. The van der Waals surface area contributed by atoms with Gasteiger partial charge in [-0.15, -0.1) is 0 Å². The summed E-state index contributed by atoms with van der Waals surface area (Å²) in [4.78, 5) is 57.8. The summed E-state index contributed by atoms with van der Waals surface area (Å²) >= 11 is 0. The minimum absolute atomic E-state index is 0.0915. The Kier molecular flexibility index (Phi) is 11.3. The predicted molar refractivity (Wildman–Crippen MR) is 138 cm³/mol. The third-order valence-corrected chi connectivity index (χ3v) is 6.27. The summed E-state index contributed by atoms with van der Waals surface area (Å²) < 4.78 is 0. The number of benzene rings is 1. The second kappa shape index (κ2) is 14.1. The number of nitrogens with two attached hydrogens (primary N) is 1. The molecule has 0 spiro atoms. The number of imidazole rings is 1. The molecule has 5 atom stereocenters. The smallest absolute Gasteiger partial charge is 0.326 e. The third-order valence-electron chi connectivity index (χ3n) is 6.27. The van der Waals surface area contributed by atoms with Crippen LogP contribution in [0.25, 0.3) is 0 Å². The maximum absolute atomic E-state index is 13.4. The zero-order chi connectivity index (χ0) is 27.5. The number of aromatic amines is 1. The van der Waals surface area contributed by atoms with Crippen LogP contribution in [-0.2, 0) is 32.0 Å². The van der Waals surface area contributed by atoms with Crippen LogP contribution in [0.5, 0.6) is 0 Å². The highest BCUT2D eigenvalue weighted by molar-refractivity contribution is 5.94. The minimum atomic E-state index is -1.16. The summed E-state index contributed by atoms with van der Waals surface area (Å²) in [5.41, 5.74) is 7.60. The van der Waals surface area contributed by atoms with E-state index in [9.17, 15) is 24.3 Å². The molecular formula is C26H38N6O5. The van der Waals surface area contributed by atoms with Crippen LogP contribution < -0.4 is 21.7 Å². The maximum Gasteiger partial charge on any atom is 0.326 e. The van der Waals surface area contributed by atoms with Gasteiger partial charge in [0, 0.05) is 18.3 Å². The van der Waals surface area contributed by atoms with E-state index in [1.165, 1.54) is 12.5 Å². The average Bonchev–Trinajstić information content (AvgIpc) is 3.38. The van der Waals surface area contributed by atoms with Crippen molar-refractivity contribution in [2.75, 3.05) is 0 Å². The topological polar surface area (TPSA) is 179 Å². The van der Waals surface area contributed by atoms with Crippen molar-refractivity contribution < 1.29 is 24.3 Å². The summed E-state index contributed by atoms with van der Waals surface area (Å²) in [5.74, 6) is -3.52. The zero-order valence-electron chi connectivity index (χ0n) is 21.7. The Morgan fingerprint density at radius 3 is 2.14 bits per heavy atom. The van der Waals surface area contributed by atoms with E-state index in [0.29, 0.717) is 12.1 Å². The van der Waals surface area contributed by atoms with Gasteiger partial charge in [0.1, 0.15) is 18.1 Å². The number of carbonyl (C=O) groups excluding carboxylic acids is 3. The van der Waals surface area contributed by atoms with E-state index in [-0.39, 0.29) is 24.7 Å². The van der Waals surface area contributed by atoms with E-state index in [0.717, 1.165) is 5.56 Å². The summed E-state index contributed by atoms with van der Waals surface area (Å²) in [5, 5.41) is 17.4. The third kappa shape index (κ3) is 9.02. The number of aromatic nitrogens is 2.